The van der Waals surface area contributed by atoms with Crippen molar-refractivity contribution in [2.75, 3.05) is 37.1 Å². The molecule has 0 aliphatic rings. The highest BCUT2D eigenvalue weighted by Crippen LogP contribution is 2.16. The molecule has 0 radical (unpaired) electrons. The first-order valence-electron chi connectivity index (χ1n) is 8.32. The van der Waals surface area contributed by atoms with Gasteiger partial charge in [-0.05, 0) is 29.8 Å². The largest absolute Gasteiger partial charge is 0.378 e. The lowest BCUT2D eigenvalue weighted by Crippen LogP contribution is -2.32. The van der Waals surface area contributed by atoms with Crippen LogP contribution in [0.4, 0.5) is 11.4 Å². The molecule has 0 saturated carbocycles. The summed E-state index contributed by atoms with van der Waals surface area (Å²) in [6.45, 7) is 0.389. The van der Waals surface area contributed by atoms with E-state index in [9.17, 15) is 13.2 Å². The van der Waals surface area contributed by atoms with E-state index in [0.29, 0.717) is 5.69 Å². The lowest BCUT2D eigenvalue weighted by atomic mass is 10.2. The van der Waals surface area contributed by atoms with E-state index in [-0.39, 0.29) is 25.4 Å². The van der Waals surface area contributed by atoms with Crippen LogP contribution >= 0.6 is 0 Å². The monoisotopic (exact) mass is 375 g/mol. The van der Waals surface area contributed by atoms with Crippen molar-refractivity contribution >= 4 is 27.3 Å². The van der Waals surface area contributed by atoms with Gasteiger partial charge in [0, 0.05) is 45.0 Å². The van der Waals surface area contributed by atoms with E-state index in [0.717, 1.165) is 17.5 Å². The first-order chi connectivity index (χ1) is 12.3. The number of nitrogens with zero attached hydrogens (tertiary/aromatic N) is 2. The van der Waals surface area contributed by atoms with Gasteiger partial charge in [0.2, 0.25) is 15.9 Å². The Hall–Kier alpha value is -2.38. The van der Waals surface area contributed by atoms with E-state index >= 15 is 0 Å². The molecule has 0 fully saturated rings. The van der Waals surface area contributed by atoms with Crippen LogP contribution in [0.3, 0.4) is 0 Å². The highest BCUT2D eigenvalue weighted by Gasteiger charge is 2.18. The number of benzene rings is 2. The molecule has 140 valence electrons. The van der Waals surface area contributed by atoms with Gasteiger partial charge in [-0.1, -0.05) is 30.3 Å². The van der Waals surface area contributed by atoms with Crippen LogP contribution in [0.1, 0.15) is 12.0 Å². The van der Waals surface area contributed by atoms with Crippen LogP contribution < -0.4 is 10.2 Å². The van der Waals surface area contributed by atoms with Gasteiger partial charge < -0.3 is 10.2 Å². The molecule has 0 saturated heterocycles. The molecular formula is C19H25N3O3S. The average Bonchev–Trinajstić information content (AvgIpc) is 2.59. The van der Waals surface area contributed by atoms with Crippen LogP contribution in [-0.2, 0) is 21.4 Å². The van der Waals surface area contributed by atoms with Gasteiger partial charge in [0.1, 0.15) is 0 Å². The maximum atomic E-state index is 12.2. The zero-order chi connectivity index (χ0) is 19.2. The maximum absolute atomic E-state index is 12.2. The molecule has 0 heterocycles. The van der Waals surface area contributed by atoms with Gasteiger partial charge >= 0.3 is 0 Å². The fraction of sp³-hybridized carbons (Fsp3) is 0.316. The third kappa shape index (κ3) is 6.16. The standard InChI is InChI=1S/C19H25N3O3S/c1-21(2)18-11-9-17(10-12-18)20-19(23)13-14-22(26(3,24)25)15-16-7-5-4-6-8-16/h4-12H,13-15H2,1-3H3,(H,20,23). The van der Waals surface area contributed by atoms with E-state index in [1.165, 1.54) is 4.31 Å². The molecule has 0 bridgehead atoms. The summed E-state index contributed by atoms with van der Waals surface area (Å²) in [6.07, 6.45) is 1.25. The number of hydrogen-bond donors (Lipinski definition) is 1. The molecule has 26 heavy (non-hydrogen) atoms. The normalized spacial score (nSPS) is 11.4. The van der Waals surface area contributed by atoms with Gasteiger partial charge in [-0.15, -0.1) is 0 Å². The predicted molar refractivity (Wildman–Crippen MR) is 106 cm³/mol. The van der Waals surface area contributed by atoms with Gasteiger partial charge in [0.25, 0.3) is 0 Å². The number of rotatable bonds is 8. The summed E-state index contributed by atoms with van der Waals surface area (Å²) in [4.78, 5) is 14.1. The molecule has 1 amide bonds. The molecule has 6 nitrogen and oxygen atoms in total. The molecule has 2 aromatic carbocycles. The van der Waals surface area contributed by atoms with E-state index in [4.69, 9.17) is 0 Å². The molecule has 0 spiro atoms. The first kappa shape index (κ1) is 19.9. The lowest BCUT2D eigenvalue weighted by molar-refractivity contribution is -0.116. The van der Waals surface area contributed by atoms with Crippen LogP contribution in [0.2, 0.25) is 0 Å². The minimum atomic E-state index is -3.40. The Morgan fingerprint density at radius 2 is 1.62 bits per heavy atom. The second-order valence-electron chi connectivity index (χ2n) is 6.32. The van der Waals surface area contributed by atoms with Gasteiger partial charge in [0.05, 0.1) is 6.26 Å². The van der Waals surface area contributed by atoms with Gasteiger partial charge in [-0.25, -0.2) is 8.42 Å². The van der Waals surface area contributed by atoms with E-state index < -0.39 is 10.0 Å². The summed E-state index contributed by atoms with van der Waals surface area (Å²) in [5.74, 6) is -0.218. The quantitative estimate of drug-likeness (QED) is 0.770. The minimum absolute atomic E-state index is 0.0926. The van der Waals surface area contributed by atoms with Crippen molar-refractivity contribution in [1.82, 2.24) is 4.31 Å². The summed E-state index contributed by atoms with van der Waals surface area (Å²) in [6, 6.07) is 16.8. The predicted octanol–water partition coefficient (Wildman–Crippen LogP) is 2.54. The maximum Gasteiger partial charge on any atom is 0.225 e. The molecule has 7 heteroatoms. The van der Waals surface area contributed by atoms with E-state index in [2.05, 4.69) is 5.32 Å². The fourth-order valence-corrected chi connectivity index (χ4v) is 3.25. The first-order valence-corrected chi connectivity index (χ1v) is 10.2. The second kappa shape index (κ2) is 8.82. The molecule has 0 aliphatic heterocycles. The zero-order valence-corrected chi connectivity index (χ0v) is 16.2. The molecule has 2 rings (SSSR count). The molecule has 0 aromatic heterocycles. The van der Waals surface area contributed by atoms with Crippen molar-refractivity contribution in [3.8, 4) is 0 Å². The Balaban J connectivity index is 1.94. The number of carbonyl (C=O) groups is 1. The fourth-order valence-electron chi connectivity index (χ4n) is 2.44. The highest BCUT2D eigenvalue weighted by molar-refractivity contribution is 7.88. The SMILES string of the molecule is CN(C)c1ccc(NC(=O)CCN(Cc2ccccc2)S(C)(=O)=O)cc1. The molecule has 0 unspecified atom stereocenters. The highest BCUT2D eigenvalue weighted by atomic mass is 32.2. The smallest absolute Gasteiger partial charge is 0.225 e. The summed E-state index contributed by atoms with van der Waals surface area (Å²) in [5, 5.41) is 2.80. The Morgan fingerprint density at radius 1 is 1.00 bits per heavy atom. The van der Waals surface area contributed by atoms with Crippen molar-refractivity contribution in [2.45, 2.75) is 13.0 Å². The number of hydrogen-bond acceptors (Lipinski definition) is 4. The summed E-state index contributed by atoms with van der Waals surface area (Å²) >= 11 is 0. The Bertz CT molecular complexity index is 819. The third-order valence-electron chi connectivity index (χ3n) is 3.93. The van der Waals surface area contributed by atoms with E-state index in [1.807, 2.05) is 73.6 Å². The molecule has 1 N–H and O–H groups in total. The van der Waals surface area contributed by atoms with Gasteiger partial charge in [0.15, 0.2) is 0 Å². The average molecular weight is 375 g/mol. The summed E-state index contributed by atoms with van der Waals surface area (Å²) < 4.78 is 25.3. The van der Waals surface area contributed by atoms with E-state index in [1.54, 1.807) is 0 Å². The Morgan fingerprint density at radius 3 is 2.15 bits per heavy atom. The van der Waals surface area contributed by atoms with Crippen LogP contribution in [0.15, 0.2) is 54.6 Å². The molecule has 2 aromatic rings. The van der Waals surface area contributed by atoms with Crippen molar-refractivity contribution in [3.05, 3.63) is 60.2 Å². The minimum Gasteiger partial charge on any atom is -0.378 e. The van der Waals surface area contributed by atoms with Crippen molar-refractivity contribution < 1.29 is 13.2 Å². The summed E-state index contributed by atoms with van der Waals surface area (Å²) in [5.41, 5.74) is 2.61. The number of amides is 1. The number of sulfonamides is 1. The zero-order valence-electron chi connectivity index (χ0n) is 15.3. The van der Waals surface area contributed by atoms with Crippen LogP contribution in [0.5, 0.6) is 0 Å². The number of nitrogens with one attached hydrogen (secondary N) is 1. The van der Waals surface area contributed by atoms with Crippen molar-refractivity contribution in [3.63, 3.8) is 0 Å². The molecular weight excluding hydrogens is 350 g/mol. The molecule has 0 atom stereocenters. The third-order valence-corrected chi connectivity index (χ3v) is 5.18. The molecule has 0 aliphatic carbocycles. The Kier molecular flexibility index (Phi) is 6.76. The van der Waals surface area contributed by atoms with Crippen LogP contribution in [0, 0.1) is 0 Å². The number of anilines is 2. The van der Waals surface area contributed by atoms with Gasteiger partial charge in [-0.2, -0.15) is 4.31 Å². The van der Waals surface area contributed by atoms with Crippen molar-refractivity contribution in [1.29, 1.82) is 0 Å². The van der Waals surface area contributed by atoms with Gasteiger partial charge in [-0.3, -0.25) is 4.79 Å². The summed E-state index contributed by atoms with van der Waals surface area (Å²) in [7, 11) is 0.490. The Labute approximate surface area is 155 Å². The topological polar surface area (TPSA) is 69.7 Å². The van der Waals surface area contributed by atoms with Crippen LogP contribution in [0.25, 0.3) is 0 Å². The van der Waals surface area contributed by atoms with Crippen molar-refractivity contribution in [2.24, 2.45) is 0 Å². The van der Waals surface area contributed by atoms with Crippen LogP contribution in [-0.4, -0.2) is 45.5 Å². The lowest BCUT2D eigenvalue weighted by Gasteiger charge is -2.20. The number of carbonyl (C=O) groups excluding carboxylic acids is 1. The second-order valence-corrected chi connectivity index (χ2v) is 8.30.